The summed E-state index contributed by atoms with van der Waals surface area (Å²) in [7, 11) is -0.196. The predicted molar refractivity (Wildman–Crippen MR) is 78.2 cm³/mol. The van der Waals surface area contributed by atoms with Crippen molar-refractivity contribution >= 4 is 21.6 Å². The van der Waals surface area contributed by atoms with Crippen molar-refractivity contribution in [3.8, 4) is 0 Å². The minimum atomic E-state index is -3.95. The average Bonchev–Trinajstić information content (AvgIpc) is 2.91. The van der Waals surface area contributed by atoms with Crippen molar-refractivity contribution in [3.63, 3.8) is 0 Å². The smallest absolute Gasteiger partial charge is 0.246 e. The van der Waals surface area contributed by atoms with E-state index in [9.17, 15) is 12.8 Å². The van der Waals surface area contributed by atoms with Crippen molar-refractivity contribution in [2.45, 2.75) is 24.0 Å². The van der Waals surface area contributed by atoms with Gasteiger partial charge >= 0.3 is 0 Å². The summed E-state index contributed by atoms with van der Waals surface area (Å²) in [5.74, 6) is -0.935. The first-order chi connectivity index (χ1) is 9.77. The van der Waals surface area contributed by atoms with Crippen LogP contribution in [0.5, 0.6) is 0 Å². The maximum absolute atomic E-state index is 14.2. The SMILES string of the molecule is CN(C)C1CCN(S(=O)(=O)c2cc(Cl)cc(CO)c2F)C1. The Bertz CT molecular complexity index is 637. The topological polar surface area (TPSA) is 60.9 Å². The van der Waals surface area contributed by atoms with Gasteiger partial charge < -0.3 is 10.0 Å². The molecule has 1 aromatic carbocycles. The quantitative estimate of drug-likeness (QED) is 0.900. The normalized spacial score (nSPS) is 20.4. The third-order valence-electron chi connectivity index (χ3n) is 3.72. The van der Waals surface area contributed by atoms with Gasteiger partial charge in [-0.2, -0.15) is 4.31 Å². The van der Waals surface area contributed by atoms with Crippen LogP contribution >= 0.6 is 11.6 Å². The van der Waals surface area contributed by atoms with Crippen LogP contribution in [0.25, 0.3) is 0 Å². The first kappa shape index (κ1) is 16.6. The van der Waals surface area contributed by atoms with E-state index in [2.05, 4.69) is 0 Å². The number of likely N-dealkylation sites (N-methyl/N-ethyl adjacent to an activating group) is 1. The van der Waals surface area contributed by atoms with Crippen LogP contribution in [0.4, 0.5) is 4.39 Å². The highest BCUT2D eigenvalue weighted by Crippen LogP contribution is 2.29. The number of nitrogens with zero attached hydrogens (tertiary/aromatic N) is 2. The molecule has 0 radical (unpaired) electrons. The van der Waals surface area contributed by atoms with Crippen molar-refractivity contribution in [1.29, 1.82) is 0 Å². The molecule has 1 aromatic rings. The number of hydrogen-bond donors (Lipinski definition) is 1. The Morgan fingerprint density at radius 2 is 2.14 bits per heavy atom. The predicted octanol–water partition coefficient (Wildman–Crippen LogP) is 1.30. The molecule has 1 unspecified atom stereocenters. The molecule has 1 aliphatic rings. The van der Waals surface area contributed by atoms with Crippen molar-refractivity contribution in [2.24, 2.45) is 0 Å². The van der Waals surface area contributed by atoms with Gasteiger partial charge in [0, 0.05) is 29.7 Å². The van der Waals surface area contributed by atoms with Crippen LogP contribution < -0.4 is 0 Å². The molecule has 0 amide bonds. The fourth-order valence-corrected chi connectivity index (χ4v) is 4.34. The molecule has 118 valence electrons. The van der Waals surface area contributed by atoms with Gasteiger partial charge in [-0.15, -0.1) is 0 Å². The summed E-state index contributed by atoms with van der Waals surface area (Å²) in [4.78, 5) is 1.47. The zero-order valence-corrected chi connectivity index (χ0v) is 13.5. The molecule has 1 fully saturated rings. The number of hydrogen-bond acceptors (Lipinski definition) is 4. The van der Waals surface area contributed by atoms with E-state index in [1.54, 1.807) is 0 Å². The van der Waals surface area contributed by atoms with E-state index in [0.29, 0.717) is 19.5 Å². The van der Waals surface area contributed by atoms with Gasteiger partial charge in [0.25, 0.3) is 0 Å². The molecule has 1 N–H and O–H groups in total. The molecular weight excluding hydrogens is 319 g/mol. The lowest BCUT2D eigenvalue weighted by Gasteiger charge is -2.21. The van der Waals surface area contributed by atoms with Crippen LogP contribution in [0.1, 0.15) is 12.0 Å². The molecule has 8 heteroatoms. The highest BCUT2D eigenvalue weighted by atomic mass is 35.5. The van der Waals surface area contributed by atoms with Crippen LogP contribution in [0.3, 0.4) is 0 Å². The summed E-state index contributed by atoms with van der Waals surface area (Å²) >= 11 is 5.82. The molecule has 2 rings (SSSR count). The summed E-state index contributed by atoms with van der Waals surface area (Å²) in [6.07, 6.45) is 0.696. The molecule has 0 spiro atoms. The molecule has 1 aliphatic heterocycles. The third kappa shape index (κ3) is 3.22. The van der Waals surface area contributed by atoms with Crippen molar-refractivity contribution in [2.75, 3.05) is 27.2 Å². The minimum Gasteiger partial charge on any atom is -0.392 e. The van der Waals surface area contributed by atoms with E-state index >= 15 is 0 Å². The Hall–Kier alpha value is -0.730. The second-order valence-electron chi connectivity index (χ2n) is 5.30. The van der Waals surface area contributed by atoms with E-state index in [0.717, 1.165) is 6.07 Å². The van der Waals surface area contributed by atoms with Crippen LogP contribution in [-0.2, 0) is 16.6 Å². The average molecular weight is 337 g/mol. The number of aliphatic hydroxyl groups is 1. The molecule has 5 nitrogen and oxygen atoms in total. The van der Waals surface area contributed by atoms with E-state index in [4.69, 9.17) is 16.7 Å². The van der Waals surface area contributed by atoms with E-state index in [1.807, 2.05) is 19.0 Å². The van der Waals surface area contributed by atoms with Crippen molar-refractivity contribution < 1.29 is 17.9 Å². The van der Waals surface area contributed by atoms with Gasteiger partial charge in [0.1, 0.15) is 10.7 Å². The Labute approximate surface area is 129 Å². The molecule has 0 bridgehead atoms. The number of benzene rings is 1. The summed E-state index contributed by atoms with van der Waals surface area (Å²) < 4.78 is 40.6. The number of aliphatic hydroxyl groups excluding tert-OH is 1. The standard InChI is InChI=1S/C13H18ClFN2O3S/c1-16(2)11-3-4-17(7-11)21(19,20)12-6-10(14)5-9(8-18)13(12)15/h5-6,11,18H,3-4,7-8H2,1-2H3. The van der Waals surface area contributed by atoms with E-state index < -0.39 is 27.3 Å². The lowest BCUT2D eigenvalue weighted by Crippen LogP contribution is -2.35. The van der Waals surface area contributed by atoms with Crippen molar-refractivity contribution in [1.82, 2.24) is 9.21 Å². The Morgan fingerprint density at radius 1 is 1.48 bits per heavy atom. The summed E-state index contributed by atoms with van der Waals surface area (Å²) in [6, 6.07) is 2.43. The fourth-order valence-electron chi connectivity index (χ4n) is 2.41. The Morgan fingerprint density at radius 3 is 2.67 bits per heavy atom. The second-order valence-corrected chi connectivity index (χ2v) is 7.65. The first-order valence-corrected chi connectivity index (χ1v) is 8.34. The van der Waals surface area contributed by atoms with E-state index in [-0.39, 0.29) is 16.6 Å². The highest BCUT2D eigenvalue weighted by molar-refractivity contribution is 7.89. The second kappa shape index (κ2) is 6.18. The molecule has 1 atom stereocenters. The van der Waals surface area contributed by atoms with Gasteiger partial charge in [0.15, 0.2) is 0 Å². The van der Waals surface area contributed by atoms with Crippen LogP contribution in [0.15, 0.2) is 17.0 Å². The van der Waals surface area contributed by atoms with Crippen LogP contribution in [-0.4, -0.2) is 56.0 Å². The molecule has 21 heavy (non-hydrogen) atoms. The maximum Gasteiger partial charge on any atom is 0.246 e. The largest absolute Gasteiger partial charge is 0.392 e. The molecule has 0 saturated carbocycles. The highest BCUT2D eigenvalue weighted by Gasteiger charge is 2.35. The molecule has 1 heterocycles. The van der Waals surface area contributed by atoms with Gasteiger partial charge in [0.05, 0.1) is 6.61 Å². The number of rotatable bonds is 4. The molecule has 0 aromatic heterocycles. The van der Waals surface area contributed by atoms with Gasteiger partial charge in [-0.05, 0) is 32.6 Å². The van der Waals surface area contributed by atoms with Gasteiger partial charge in [-0.3, -0.25) is 0 Å². The molecule has 0 aliphatic carbocycles. The van der Waals surface area contributed by atoms with Crippen LogP contribution in [0.2, 0.25) is 5.02 Å². The zero-order valence-electron chi connectivity index (χ0n) is 11.9. The van der Waals surface area contributed by atoms with Crippen molar-refractivity contribution in [3.05, 3.63) is 28.5 Å². The summed E-state index contributed by atoms with van der Waals surface area (Å²) in [5, 5.41) is 9.19. The molecule has 1 saturated heterocycles. The lowest BCUT2D eigenvalue weighted by molar-refractivity contribution is 0.274. The van der Waals surface area contributed by atoms with Crippen LogP contribution in [0, 0.1) is 5.82 Å². The number of halogens is 2. The maximum atomic E-state index is 14.2. The zero-order chi connectivity index (χ0) is 15.8. The lowest BCUT2D eigenvalue weighted by atomic mass is 10.2. The Kier molecular flexibility index (Phi) is 4.89. The van der Waals surface area contributed by atoms with Gasteiger partial charge in [-0.1, -0.05) is 11.6 Å². The Balaban J connectivity index is 2.39. The minimum absolute atomic E-state index is 0.0855. The van der Waals surface area contributed by atoms with E-state index in [1.165, 1.54) is 10.4 Å². The first-order valence-electron chi connectivity index (χ1n) is 6.52. The number of sulfonamides is 1. The van der Waals surface area contributed by atoms with Gasteiger partial charge in [0.2, 0.25) is 10.0 Å². The fraction of sp³-hybridized carbons (Fsp3) is 0.538. The van der Waals surface area contributed by atoms with Gasteiger partial charge in [-0.25, -0.2) is 12.8 Å². The monoisotopic (exact) mass is 336 g/mol. The summed E-state index contributed by atoms with van der Waals surface area (Å²) in [6.45, 7) is 0.0522. The molecular formula is C13H18ClFN2O3S. The third-order valence-corrected chi connectivity index (χ3v) is 5.81. The summed E-state index contributed by atoms with van der Waals surface area (Å²) in [5.41, 5.74) is -0.121.